The lowest BCUT2D eigenvalue weighted by molar-refractivity contribution is -0.142. The zero-order chi connectivity index (χ0) is 18.4. The first-order valence-electron chi connectivity index (χ1n) is 7.86. The van der Waals surface area contributed by atoms with E-state index in [1.165, 1.54) is 6.08 Å². The number of nitrogens with zero attached hydrogens (tertiary/aromatic N) is 1. The number of anilines is 1. The Morgan fingerprint density at radius 1 is 1.12 bits per heavy atom. The van der Waals surface area contributed by atoms with E-state index in [1.54, 1.807) is 36.5 Å². The minimum absolute atomic E-state index is 0.385. The Morgan fingerprint density at radius 2 is 1.92 bits per heavy atom. The number of hydrogen-bond donors (Lipinski definition) is 1. The summed E-state index contributed by atoms with van der Waals surface area (Å²) in [5, 5.41) is 4.08. The number of halogens is 1. The molecule has 0 saturated carbocycles. The van der Waals surface area contributed by atoms with Gasteiger partial charge in [0.15, 0.2) is 6.61 Å². The first kappa shape index (κ1) is 17.6. The van der Waals surface area contributed by atoms with Crippen molar-refractivity contribution in [1.82, 2.24) is 4.98 Å². The van der Waals surface area contributed by atoms with Crippen LogP contribution < -0.4 is 5.32 Å². The van der Waals surface area contributed by atoms with Gasteiger partial charge >= 0.3 is 5.97 Å². The molecule has 0 fully saturated rings. The lowest BCUT2D eigenvalue weighted by Crippen LogP contribution is -2.20. The largest absolute Gasteiger partial charge is 0.452 e. The fourth-order valence-corrected chi connectivity index (χ4v) is 2.56. The van der Waals surface area contributed by atoms with Crippen LogP contribution in [0.4, 0.5) is 5.69 Å². The highest BCUT2D eigenvalue weighted by atomic mass is 35.5. The number of rotatable bonds is 5. The molecule has 26 heavy (non-hydrogen) atoms. The van der Waals surface area contributed by atoms with E-state index in [0.717, 1.165) is 16.5 Å². The molecule has 6 heteroatoms. The Bertz CT molecular complexity index is 980. The van der Waals surface area contributed by atoms with E-state index < -0.39 is 11.9 Å². The Balaban J connectivity index is 1.56. The van der Waals surface area contributed by atoms with Gasteiger partial charge in [-0.05, 0) is 30.3 Å². The SMILES string of the molecule is O=C(COC(=O)/C=C/c1cccc2cccnc12)Nc1cccc(Cl)c1. The summed E-state index contributed by atoms with van der Waals surface area (Å²) >= 11 is 5.85. The van der Waals surface area contributed by atoms with Gasteiger partial charge in [-0.3, -0.25) is 9.78 Å². The molecule has 3 rings (SSSR count). The van der Waals surface area contributed by atoms with Crippen LogP contribution in [0.15, 0.2) is 66.9 Å². The van der Waals surface area contributed by atoms with Crippen molar-refractivity contribution in [3.8, 4) is 0 Å². The van der Waals surface area contributed by atoms with Crippen LogP contribution in [0.5, 0.6) is 0 Å². The van der Waals surface area contributed by atoms with Crippen molar-refractivity contribution in [2.45, 2.75) is 0 Å². The van der Waals surface area contributed by atoms with Crippen LogP contribution in [0.2, 0.25) is 5.02 Å². The standard InChI is InChI=1S/C20H15ClN2O3/c21-16-7-2-8-17(12-16)23-18(24)13-26-19(25)10-9-15-5-1-4-14-6-3-11-22-20(14)15/h1-12H,13H2,(H,23,24)/b10-9+. The molecule has 0 bridgehead atoms. The third-order valence-corrected chi connectivity index (χ3v) is 3.75. The summed E-state index contributed by atoms with van der Waals surface area (Å²) in [6.45, 7) is -0.385. The van der Waals surface area contributed by atoms with E-state index in [0.29, 0.717) is 10.7 Å². The summed E-state index contributed by atoms with van der Waals surface area (Å²) in [6, 6.07) is 16.2. The second kappa shape index (κ2) is 8.27. The van der Waals surface area contributed by atoms with Crippen molar-refractivity contribution >= 4 is 46.1 Å². The number of para-hydroxylation sites is 1. The maximum absolute atomic E-state index is 11.8. The van der Waals surface area contributed by atoms with E-state index in [9.17, 15) is 9.59 Å². The van der Waals surface area contributed by atoms with Crippen LogP contribution in [-0.2, 0) is 14.3 Å². The maximum atomic E-state index is 11.8. The summed E-state index contributed by atoms with van der Waals surface area (Å²) in [7, 11) is 0. The van der Waals surface area contributed by atoms with Gasteiger partial charge < -0.3 is 10.1 Å². The highest BCUT2D eigenvalue weighted by Gasteiger charge is 2.06. The Labute approximate surface area is 155 Å². The third kappa shape index (κ3) is 4.68. The zero-order valence-corrected chi connectivity index (χ0v) is 14.4. The molecule has 130 valence electrons. The van der Waals surface area contributed by atoms with Gasteiger partial charge in [-0.2, -0.15) is 0 Å². The molecule has 3 aromatic rings. The number of nitrogens with one attached hydrogen (secondary N) is 1. The Hall–Kier alpha value is -3.18. The lowest BCUT2D eigenvalue weighted by Gasteiger charge is -2.05. The van der Waals surface area contributed by atoms with Gasteiger partial charge in [-0.15, -0.1) is 0 Å². The highest BCUT2D eigenvalue weighted by molar-refractivity contribution is 6.30. The maximum Gasteiger partial charge on any atom is 0.331 e. The van der Waals surface area contributed by atoms with Crippen LogP contribution in [0, 0.1) is 0 Å². The molecule has 0 radical (unpaired) electrons. The minimum Gasteiger partial charge on any atom is -0.452 e. The van der Waals surface area contributed by atoms with Crippen molar-refractivity contribution < 1.29 is 14.3 Å². The second-order valence-corrected chi connectivity index (χ2v) is 5.86. The molecule has 0 aliphatic rings. The van der Waals surface area contributed by atoms with Gasteiger partial charge in [0.2, 0.25) is 0 Å². The molecule has 2 aromatic carbocycles. The second-order valence-electron chi connectivity index (χ2n) is 5.42. The van der Waals surface area contributed by atoms with Crippen molar-refractivity contribution in [3.05, 3.63) is 77.5 Å². The molecule has 1 aromatic heterocycles. The number of fused-ring (bicyclic) bond motifs is 1. The van der Waals surface area contributed by atoms with Crippen LogP contribution in [0.25, 0.3) is 17.0 Å². The monoisotopic (exact) mass is 366 g/mol. The number of ether oxygens (including phenoxy) is 1. The fourth-order valence-electron chi connectivity index (χ4n) is 2.37. The molecule has 1 amide bonds. The van der Waals surface area contributed by atoms with Gasteiger partial charge in [-0.1, -0.05) is 41.9 Å². The summed E-state index contributed by atoms with van der Waals surface area (Å²) in [5.74, 6) is -1.06. The topological polar surface area (TPSA) is 68.3 Å². The molecular weight excluding hydrogens is 352 g/mol. The summed E-state index contributed by atoms with van der Waals surface area (Å²) < 4.78 is 4.95. The molecule has 1 N–H and O–H groups in total. The van der Waals surface area contributed by atoms with Gasteiger partial charge in [0.05, 0.1) is 5.52 Å². The molecule has 1 heterocycles. The molecule has 0 saturated heterocycles. The number of esters is 1. The van der Waals surface area contributed by atoms with E-state index in [4.69, 9.17) is 16.3 Å². The predicted molar refractivity (Wildman–Crippen MR) is 102 cm³/mol. The van der Waals surface area contributed by atoms with E-state index >= 15 is 0 Å². The first-order valence-corrected chi connectivity index (χ1v) is 8.23. The van der Waals surface area contributed by atoms with E-state index in [1.807, 2.05) is 30.3 Å². The number of aromatic nitrogens is 1. The van der Waals surface area contributed by atoms with Crippen molar-refractivity contribution in [1.29, 1.82) is 0 Å². The summed E-state index contributed by atoms with van der Waals surface area (Å²) in [4.78, 5) is 28.0. The molecular formula is C20H15ClN2O3. The Kier molecular flexibility index (Phi) is 5.61. The van der Waals surface area contributed by atoms with Crippen LogP contribution >= 0.6 is 11.6 Å². The quantitative estimate of drug-likeness (QED) is 0.545. The Morgan fingerprint density at radius 3 is 2.77 bits per heavy atom. The molecule has 0 aliphatic heterocycles. The van der Waals surface area contributed by atoms with Crippen molar-refractivity contribution in [2.75, 3.05) is 11.9 Å². The number of benzene rings is 2. The average molecular weight is 367 g/mol. The molecule has 0 aliphatic carbocycles. The zero-order valence-electron chi connectivity index (χ0n) is 13.7. The van der Waals surface area contributed by atoms with Gasteiger partial charge in [-0.25, -0.2) is 4.79 Å². The highest BCUT2D eigenvalue weighted by Crippen LogP contribution is 2.17. The molecule has 0 spiro atoms. The number of hydrogen-bond acceptors (Lipinski definition) is 4. The van der Waals surface area contributed by atoms with Gasteiger partial charge in [0.1, 0.15) is 0 Å². The first-order chi connectivity index (χ1) is 12.6. The average Bonchev–Trinajstić information content (AvgIpc) is 2.64. The minimum atomic E-state index is -0.612. The lowest BCUT2D eigenvalue weighted by atomic mass is 10.1. The normalized spacial score (nSPS) is 10.8. The van der Waals surface area contributed by atoms with E-state index in [2.05, 4.69) is 10.3 Å². The predicted octanol–water partition coefficient (Wildman–Crippen LogP) is 4.08. The van der Waals surface area contributed by atoms with Gasteiger partial charge in [0.25, 0.3) is 5.91 Å². The molecule has 0 unspecified atom stereocenters. The number of carbonyl (C=O) groups is 2. The van der Waals surface area contributed by atoms with Crippen molar-refractivity contribution in [2.24, 2.45) is 0 Å². The smallest absolute Gasteiger partial charge is 0.331 e. The van der Waals surface area contributed by atoms with Crippen molar-refractivity contribution in [3.63, 3.8) is 0 Å². The molecule has 5 nitrogen and oxygen atoms in total. The summed E-state index contributed by atoms with van der Waals surface area (Å²) in [5.41, 5.74) is 2.12. The molecule has 0 atom stereocenters. The van der Waals surface area contributed by atoms with Crippen LogP contribution in [-0.4, -0.2) is 23.5 Å². The number of amides is 1. The van der Waals surface area contributed by atoms with Crippen LogP contribution in [0.1, 0.15) is 5.56 Å². The van der Waals surface area contributed by atoms with Crippen LogP contribution in [0.3, 0.4) is 0 Å². The van der Waals surface area contributed by atoms with Gasteiger partial charge in [0, 0.05) is 33.9 Å². The third-order valence-electron chi connectivity index (χ3n) is 3.52. The summed E-state index contributed by atoms with van der Waals surface area (Å²) in [6.07, 6.45) is 4.58. The number of carbonyl (C=O) groups excluding carboxylic acids is 2. The fraction of sp³-hybridized carbons (Fsp3) is 0.0500. The van der Waals surface area contributed by atoms with E-state index in [-0.39, 0.29) is 6.61 Å². The number of pyridine rings is 1.